The van der Waals surface area contributed by atoms with Crippen molar-refractivity contribution >= 4 is 0 Å². The van der Waals surface area contributed by atoms with Crippen LogP contribution in [0.3, 0.4) is 0 Å². The molecule has 4 saturated heterocycles. The van der Waals surface area contributed by atoms with Gasteiger partial charge in [-0.05, 0) is 98.2 Å². The van der Waals surface area contributed by atoms with E-state index in [4.69, 9.17) is 28.4 Å². The fourth-order valence-corrected chi connectivity index (χ4v) is 13.2. The van der Waals surface area contributed by atoms with E-state index in [2.05, 4.69) is 27.7 Å². The van der Waals surface area contributed by atoms with Gasteiger partial charge in [0.25, 0.3) is 0 Å². The average Bonchev–Trinajstić information content (AvgIpc) is 3.56. The van der Waals surface area contributed by atoms with Crippen LogP contribution in [-0.2, 0) is 28.4 Å². The molecule has 4 saturated carbocycles. The smallest absolute Gasteiger partial charge is 0.187 e. The predicted molar refractivity (Wildman–Crippen MR) is 184 cm³/mol. The second kappa shape index (κ2) is 14.1. The zero-order valence-corrected chi connectivity index (χ0v) is 31.7. The van der Waals surface area contributed by atoms with Gasteiger partial charge in [0, 0.05) is 12.3 Å². The van der Waals surface area contributed by atoms with Gasteiger partial charge < -0.3 is 69.3 Å². The van der Waals surface area contributed by atoms with Crippen LogP contribution >= 0.6 is 0 Å². The topological polar surface area (TPSA) is 217 Å². The highest BCUT2D eigenvalue weighted by atomic mass is 16.8. The maximum atomic E-state index is 12.0. The van der Waals surface area contributed by atoms with Crippen molar-refractivity contribution in [3.8, 4) is 0 Å². The van der Waals surface area contributed by atoms with Crippen LogP contribution in [0.1, 0.15) is 86.0 Å². The van der Waals surface area contributed by atoms with Gasteiger partial charge in [0.2, 0.25) is 0 Å². The lowest BCUT2D eigenvalue weighted by Gasteiger charge is -2.63. The van der Waals surface area contributed by atoms with E-state index in [0.29, 0.717) is 54.8 Å². The molecule has 8 N–H and O–H groups in total. The summed E-state index contributed by atoms with van der Waals surface area (Å²) in [5, 5.41) is 86.8. The van der Waals surface area contributed by atoms with Crippen molar-refractivity contribution in [2.45, 2.75) is 178 Å². The molecule has 0 aromatic heterocycles. The number of hydrogen-bond donors (Lipinski definition) is 8. The number of aliphatic hydroxyl groups excluding tert-OH is 8. The molecule has 14 heteroatoms. The van der Waals surface area contributed by atoms with Crippen LogP contribution in [0.4, 0.5) is 0 Å². The molecule has 304 valence electrons. The Morgan fingerprint density at radius 3 is 2.15 bits per heavy atom. The quantitative estimate of drug-likeness (QED) is 0.179. The maximum absolute atomic E-state index is 12.0. The minimum Gasteiger partial charge on any atom is -0.394 e. The molecular weight excluding hydrogens is 692 g/mol. The summed E-state index contributed by atoms with van der Waals surface area (Å²) in [5.74, 6) is 1.56. The summed E-state index contributed by atoms with van der Waals surface area (Å²) < 4.78 is 37.2. The molecule has 0 bridgehead atoms. The second-order valence-electron chi connectivity index (χ2n) is 19.0. The van der Waals surface area contributed by atoms with E-state index in [1.165, 1.54) is 6.92 Å². The van der Waals surface area contributed by atoms with Crippen molar-refractivity contribution in [3.63, 3.8) is 0 Å². The van der Waals surface area contributed by atoms with Crippen molar-refractivity contribution in [3.05, 3.63) is 0 Å². The standard InChI is InChI=1S/C39H64O14/c1-16-6-9-39(48-15-16)17(2)28-26(53-39)11-21-19-10-23(41)22-12-25(24(42)13-38(22,5)20(19)7-8-37(21,28)4)50-36-34(32(46)30(44)27(14-40)51-36)52-35-33(47)31(45)29(43)18(3)49-35/h16-36,40-47H,6-15H2,1-5H3/t16-,17-,18-,19+,20-,21-,22+,23+,24+,25+,26-,27+,28-,29-,30+,31+,32-,33+,34+,35-,36+,37-,38+,39+/m0/s1. The van der Waals surface area contributed by atoms with Gasteiger partial charge in [-0.1, -0.05) is 27.7 Å². The van der Waals surface area contributed by atoms with Gasteiger partial charge in [-0.2, -0.15) is 0 Å². The van der Waals surface area contributed by atoms with Gasteiger partial charge in [0.1, 0.15) is 42.7 Å². The van der Waals surface area contributed by atoms with Gasteiger partial charge in [-0.3, -0.25) is 0 Å². The lowest BCUT2D eigenvalue weighted by Crippen LogP contribution is -2.65. The Bertz CT molecular complexity index is 1310. The highest BCUT2D eigenvalue weighted by molar-refractivity contribution is 5.17. The molecular formula is C39H64O14. The predicted octanol–water partition coefficient (Wildman–Crippen LogP) is 0.411. The molecule has 53 heavy (non-hydrogen) atoms. The van der Waals surface area contributed by atoms with Crippen molar-refractivity contribution < 1.29 is 69.3 Å². The number of hydrogen-bond acceptors (Lipinski definition) is 14. The molecule has 14 nitrogen and oxygen atoms in total. The van der Waals surface area contributed by atoms with Crippen molar-refractivity contribution in [1.82, 2.24) is 0 Å². The van der Waals surface area contributed by atoms with E-state index in [0.717, 1.165) is 38.7 Å². The molecule has 4 aliphatic carbocycles. The number of aliphatic hydroxyl groups is 8. The normalized spacial score (nSPS) is 61.0. The Morgan fingerprint density at radius 2 is 1.45 bits per heavy atom. The first kappa shape index (κ1) is 39.3. The lowest BCUT2D eigenvalue weighted by atomic mass is 9.43. The largest absolute Gasteiger partial charge is 0.394 e. The van der Waals surface area contributed by atoms with Crippen LogP contribution in [0.2, 0.25) is 0 Å². The van der Waals surface area contributed by atoms with Crippen molar-refractivity contribution in [1.29, 1.82) is 0 Å². The molecule has 8 fully saturated rings. The van der Waals surface area contributed by atoms with Gasteiger partial charge >= 0.3 is 0 Å². The van der Waals surface area contributed by atoms with E-state index < -0.39 is 92.1 Å². The molecule has 8 rings (SSSR count). The molecule has 0 amide bonds. The molecule has 0 unspecified atom stereocenters. The third-order valence-electron chi connectivity index (χ3n) is 16.2. The van der Waals surface area contributed by atoms with Gasteiger partial charge in [0.15, 0.2) is 18.4 Å². The maximum Gasteiger partial charge on any atom is 0.187 e. The highest BCUT2D eigenvalue weighted by Gasteiger charge is 2.70. The monoisotopic (exact) mass is 756 g/mol. The summed E-state index contributed by atoms with van der Waals surface area (Å²) in [7, 11) is 0. The first-order valence-electron chi connectivity index (χ1n) is 20.3. The first-order chi connectivity index (χ1) is 25.0. The summed E-state index contributed by atoms with van der Waals surface area (Å²) >= 11 is 0. The zero-order chi connectivity index (χ0) is 37.9. The summed E-state index contributed by atoms with van der Waals surface area (Å²) in [4.78, 5) is 0. The number of ether oxygens (including phenoxy) is 6. The number of rotatable bonds is 5. The molecule has 0 aromatic carbocycles. The van der Waals surface area contributed by atoms with Crippen LogP contribution in [0, 0.1) is 52.3 Å². The Morgan fingerprint density at radius 1 is 0.698 bits per heavy atom. The Labute approximate surface area is 312 Å². The Balaban J connectivity index is 0.982. The van der Waals surface area contributed by atoms with Gasteiger partial charge in [-0.25, -0.2) is 0 Å². The zero-order valence-electron chi connectivity index (χ0n) is 31.7. The Hall–Kier alpha value is -0.560. The average molecular weight is 757 g/mol. The van der Waals surface area contributed by atoms with Crippen LogP contribution in [0.5, 0.6) is 0 Å². The summed E-state index contributed by atoms with van der Waals surface area (Å²) in [6.07, 6.45) is -10.3. The fourth-order valence-electron chi connectivity index (χ4n) is 13.2. The van der Waals surface area contributed by atoms with Gasteiger partial charge in [0.05, 0.1) is 43.7 Å². The third-order valence-corrected chi connectivity index (χ3v) is 16.2. The third kappa shape index (κ3) is 6.11. The molecule has 24 atom stereocenters. The van der Waals surface area contributed by atoms with E-state index >= 15 is 0 Å². The molecule has 0 aromatic rings. The first-order valence-corrected chi connectivity index (χ1v) is 20.3. The number of fused-ring (bicyclic) bond motifs is 7. The van der Waals surface area contributed by atoms with Crippen LogP contribution in [0.25, 0.3) is 0 Å². The fraction of sp³-hybridized carbons (Fsp3) is 1.00. The summed E-state index contributed by atoms with van der Waals surface area (Å²) in [6.45, 7) is 10.8. The molecule has 1 spiro atoms. The summed E-state index contributed by atoms with van der Waals surface area (Å²) in [5.41, 5.74) is -0.288. The van der Waals surface area contributed by atoms with E-state index in [1.54, 1.807) is 0 Å². The molecule has 0 radical (unpaired) electrons. The van der Waals surface area contributed by atoms with E-state index in [1.807, 2.05) is 0 Å². The van der Waals surface area contributed by atoms with Crippen molar-refractivity contribution in [2.24, 2.45) is 52.3 Å². The van der Waals surface area contributed by atoms with Crippen LogP contribution in [0.15, 0.2) is 0 Å². The van der Waals surface area contributed by atoms with Gasteiger partial charge in [-0.15, -0.1) is 0 Å². The Kier molecular flexibility index (Phi) is 10.4. The van der Waals surface area contributed by atoms with E-state index in [-0.39, 0.29) is 22.9 Å². The van der Waals surface area contributed by atoms with Crippen molar-refractivity contribution in [2.75, 3.05) is 13.2 Å². The minimum atomic E-state index is -1.69. The second-order valence-corrected chi connectivity index (χ2v) is 19.0. The molecule has 4 heterocycles. The molecule has 8 aliphatic rings. The molecule has 4 aliphatic heterocycles. The summed E-state index contributed by atoms with van der Waals surface area (Å²) in [6, 6.07) is 0. The van der Waals surface area contributed by atoms with Crippen LogP contribution < -0.4 is 0 Å². The van der Waals surface area contributed by atoms with E-state index in [9.17, 15) is 40.9 Å². The lowest BCUT2D eigenvalue weighted by molar-refractivity contribution is -0.374. The minimum absolute atomic E-state index is 0.0759. The highest BCUT2D eigenvalue weighted by Crippen LogP contribution is 2.71. The van der Waals surface area contributed by atoms with Crippen LogP contribution in [-0.4, -0.2) is 146 Å². The SMILES string of the molecule is C[C@H]1CC[C@@]2(OC1)O[C@H]1C[C@H]3[C@@H]4C[C@@H](O)[C@H]5C[C@@H](O[C@@H]6O[C@H](CO)[C@@H](O)[C@H](O)[C@H]6O[C@@H]6O[C@@H](C)[C@H](O)[C@@H](O)[C@H]6O)[C@H](O)C[C@]5(C)[C@H]4CC[C@]3(C)[C@H]1[C@@H]2C.